The number of rotatable bonds is 11. The van der Waals surface area contributed by atoms with Gasteiger partial charge in [0.1, 0.15) is 17.5 Å². The lowest BCUT2D eigenvalue weighted by atomic mass is 9.94. The van der Waals surface area contributed by atoms with Crippen LogP contribution in [0.1, 0.15) is 43.2 Å². The van der Waals surface area contributed by atoms with E-state index in [1.54, 1.807) is 36.3 Å². The van der Waals surface area contributed by atoms with E-state index in [1.807, 2.05) is 54.6 Å². The van der Waals surface area contributed by atoms with E-state index in [4.69, 9.17) is 9.47 Å². The summed E-state index contributed by atoms with van der Waals surface area (Å²) in [6.45, 7) is 0.113. The van der Waals surface area contributed by atoms with Crippen LogP contribution in [0.3, 0.4) is 0 Å². The number of carbonyl (C=O) groups is 2. The average Bonchev–Trinajstić information content (AvgIpc) is 2.95. The first kappa shape index (κ1) is 27.7. The van der Waals surface area contributed by atoms with Gasteiger partial charge in [0, 0.05) is 23.5 Å². The molecule has 0 aliphatic heterocycles. The zero-order valence-electron chi connectivity index (χ0n) is 21.8. The van der Waals surface area contributed by atoms with Gasteiger partial charge in [0.05, 0.1) is 7.11 Å². The zero-order valence-corrected chi connectivity index (χ0v) is 23.4. The monoisotopic (exact) mass is 578 g/mol. The first-order valence-corrected chi connectivity index (χ1v) is 14.0. The molecular formula is C31H35BrN2O4. The Kier molecular flexibility index (Phi) is 10.2. The van der Waals surface area contributed by atoms with Crippen LogP contribution in [0.5, 0.6) is 11.5 Å². The van der Waals surface area contributed by atoms with Gasteiger partial charge in [-0.3, -0.25) is 9.59 Å². The van der Waals surface area contributed by atoms with Crippen molar-refractivity contribution in [3.8, 4) is 11.5 Å². The lowest BCUT2D eigenvalue weighted by molar-refractivity contribution is -0.143. The van der Waals surface area contributed by atoms with Crippen molar-refractivity contribution in [2.75, 3.05) is 13.7 Å². The van der Waals surface area contributed by atoms with Gasteiger partial charge < -0.3 is 19.7 Å². The predicted octanol–water partition coefficient (Wildman–Crippen LogP) is 5.93. The summed E-state index contributed by atoms with van der Waals surface area (Å²) in [5, 5.41) is 3.26. The third kappa shape index (κ3) is 8.09. The quantitative estimate of drug-likeness (QED) is 0.306. The number of hydrogen-bond donors (Lipinski definition) is 1. The fraction of sp³-hybridized carbons (Fsp3) is 0.355. The highest BCUT2D eigenvalue weighted by Crippen LogP contribution is 2.22. The van der Waals surface area contributed by atoms with Crippen LogP contribution in [0.25, 0.3) is 0 Å². The third-order valence-electron chi connectivity index (χ3n) is 6.89. The smallest absolute Gasteiger partial charge is 0.261 e. The molecule has 4 rings (SSSR count). The van der Waals surface area contributed by atoms with Crippen LogP contribution in [0, 0.1) is 0 Å². The Bertz CT molecular complexity index is 1180. The van der Waals surface area contributed by atoms with E-state index in [-0.39, 0.29) is 24.5 Å². The molecule has 0 spiro atoms. The second kappa shape index (κ2) is 14.0. The van der Waals surface area contributed by atoms with Gasteiger partial charge >= 0.3 is 0 Å². The zero-order chi connectivity index (χ0) is 26.7. The molecule has 1 atom stereocenters. The number of nitrogens with zero attached hydrogens (tertiary/aromatic N) is 1. The molecule has 1 saturated carbocycles. The van der Waals surface area contributed by atoms with Gasteiger partial charge in [-0.1, -0.05) is 77.7 Å². The lowest BCUT2D eigenvalue weighted by Gasteiger charge is -2.33. The maximum Gasteiger partial charge on any atom is 0.261 e. The highest BCUT2D eigenvalue weighted by atomic mass is 79.9. The topological polar surface area (TPSA) is 67.9 Å². The molecule has 1 fully saturated rings. The third-order valence-corrected chi connectivity index (χ3v) is 7.38. The number of nitrogens with one attached hydrogen (secondary N) is 1. The molecule has 0 unspecified atom stereocenters. The van der Waals surface area contributed by atoms with Crippen LogP contribution in [0.15, 0.2) is 83.3 Å². The van der Waals surface area contributed by atoms with Crippen LogP contribution in [0.4, 0.5) is 0 Å². The maximum atomic E-state index is 13.8. The number of hydrogen-bond acceptors (Lipinski definition) is 4. The Morgan fingerprint density at radius 3 is 2.29 bits per heavy atom. The SMILES string of the molecule is COc1ccc(OCC(=O)N(Cc2cccc(Br)c2)[C@@H](Cc2ccccc2)C(=O)NC2CCCCC2)cc1. The molecule has 1 N–H and O–H groups in total. The largest absolute Gasteiger partial charge is 0.497 e. The summed E-state index contributed by atoms with van der Waals surface area (Å²) >= 11 is 3.53. The number of methoxy groups -OCH3 is 1. The highest BCUT2D eigenvalue weighted by molar-refractivity contribution is 9.10. The van der Waals surface area contributed by atoms with Crippen molar-refractivity contribution in [1.82, 2.24) is 10.2 Å². The number of halogens is 1. The second-order valence-corrected chi connectivity index (χ2v) is 10.6. The summed E-state index contributed by atoms with van der Waals surface area (Å²) in [6, 6.07) is 24.3. The van der Waals surface area contributed by atoms with Gasteiger partial charge in [0.15, 0.2) is 6.61 Å². The minimum Gasteiger partial charge on any atom is -0.497 e. The molecule has 0 heterocycles. The maximum absolute atomic E-state index is 13.8. The Morgan fingerprint density at radius 1 is 0.921 bits per heavy atom. The van der Waals surface area contributed by atoms with Crippen LogP contribution in [0.2, 0.25) is 0 Å². The van der Waals surface area contributed by atoms with Crippen molar-refractivity contribution < 1.29 is 19.1 Å². The number of benzene rings is 3. The summed E-state index contributed by atoms with van der Waals surface area (Å²) in [5.41, 5.74) is 1.93. The molecular weight excluding hydrogens is 544 g/mol. The van der Waals surface area contributed by atoms with Crippen LogP contribution in [-0.4, -0.2) is 42.5 Å². The molecule has 1 aliphatic carbocycles. The van der Waals surface area contributed by atoms with Gasteiger partial charge in [-0.05, 0) is 60.4 Å². The van der Waals surface area contributed by atoms with Crippen molar-refractivity contribution in [2.45, 2.75) is 57.2 Å². The van der Waals surface area contributed by atoms with Crippen LogP contribution < -0.4 is 14.8 Å². The first-order valence-electron chi connectivity index (χ1n) is 13.2. The lowest BCUT2D eigenvalue weighted by Crippen LogP contribution is -2.53. The fourth-order valence-electron chi connectivity index (χ4n) is 4.83. The van der Waals surface area contributed by atoms with E-state index in [2.05, 4.69) is 21.2 Å². The Morgan fingerprint density at radius 2 is 1.61 bits per heavy atom. The van der Waals surface area contributed by atoms with E-state index in [0.29, 0.717) is 24.5 Å². The summed E-state index contributed by atoms with van der Waals surface area (Å²) in [6.07, 6.45) is 5.81. The van der Waals surface area contributed by atoms with Crippen molar-refractivity contribution >= 4 is 27.7 Å². The van der Waals surface area contributed by atoms with Gasteiger partial charge in [0.25, 0.3) is 5.91 Å². The molecule has 3 aromatic rings. The molecule has 7 heteroatoms. The molecule has 0 bridgehead atoms. The predicted molar refractivity (Wildman–Crippen MR) is 152 cm³/mol. The summed E-state index contributed by atoms with van der Waals surface area (Å²) in [4.78, 5) is 29.2. The molecule has 0 saturated heterocycles. The number of carbonyl (C=O) groups excluding carboxylic acids is 2. The summed E-state index contributed by atoms with van der Waals surface area (Å²) in [5.74, 6) is 0.907. The molecule has 200 valence electrons. The van der Waals surface area contributed by atoms with Gasteiger partial charge in [0.2, 0.25) is 5.91 Å². The highest BCUT2D eigenvalue weighted by Gasteiger charge is 2.32. The number of amides is 2. The van der Waals surface area contributed by atoms with Gasteiger partial charge in [-0.2, -0.15) is 0 Å². The molecule has 38 heavy (non-hydrogen) atoms. The van der Waals surface area contributed by atoms with Crippen LogP contribution in [-0.2, 0) is 22.6 Å². The normalized spacial score (nSPS) is 14.4. The Labute approximate surface area is 233 Å². The molecule has 0 radical (unpaired) electrons. The number of ether oxygens (including phenoxy) is 2. The molecule has 1 aliphatic rings. The molecule has 2 amide bonds. The standard InChI is InChI=1S/C31H35BrN2O4/c1-37-27-15-17-28(18-16-27)38-22-30(35)34(21-24-11-8-12-25(32)19-24)29(20-23-9-4-2-5-10-23)31(36)33-26-13-6-3-7-14-26/h2,4-5,8-12,15-19,26,29H,3,6-7,13-14,20-22H2,1H3,(H,33,36)/t29-/m0/s1. The van der Waals surface area contributed by atoms with Gasteiger partial charge in [-0.25, -0.2) is 0 Å². The Hall–Kier alpha value is -3.32. The summed E-state index contributed by atoms with van der Waals surface area (Å²) < 4.78 is 12.0. The minimum atomic E-state index is -0.676. The van der Waals surface area contributed by atoms with E-state index in [1.165, 1.54) is 6.42 Å². The first-order chi connectivity index (χ1) is 18.5. The average molecular weight is 580 g/mol. The van der Waals surface area contributed by atoms with Crippen molar-refractivity contribution in [3.63, 3.8) is 0 Å². The van der Waals surface area contributed by atoms with E-state index in [0.717, 1.165) is 41.3 Å². The van der Waals surface area contributed by atoms with Crippen molar-refractivity contribution in [3.05, 3.63) is 94.5 Å². The second-order valence-electron chi connectivity index (χ2n) is 9.66. The summed E-state index contributed by atoms with van der Waals surface area (Å²) in [7, 11) is 1.60. The van der Waals surface area contributed by atoms with E-state index >= 15 is 0 Å². The van der Waals surface area contributed by atoms with E-state index in [9.17, 15) is 9.59 Å². The van der Waals surface area contributed by atoms with Crippen molar-refractivity contribution in [2.24, 2.45) is 0 Å². The fourth-order valence-corrected chi connectivity index (χ4v) is 5.28. The molecule has 6 nitrogen and oxygen atoms in total. The molecule has 3 aromatic carbocycles. The van der Waals surface area contributed by atoms with Crippen molar-refractivity contribution in [1.29, 1.82) is 0 Å². The molecule has 0 aromatic heterocycles. The van der Waals surface area contributed by atoms with Crippen LogP contribution >= 0.6 is 15.9 Å². The Balaban J connectivity index is 1.59. The minimum absolute atomic E-state index is 0.117. The van der Waals surface area contributed by atoms with E-state index < -0.39 is 6.04 Å². The van der Waals surface area contributed by atoms with Gasteiger partial charge in [-0.15, -0.1) is 0 Å².